The second kappa shape index (κ2) is 9.69. The Morgan fingerprint density at radius 1 is 1.03 bits per heavy atom. The largest absolute Gasteiger partial charge is 0.347 e. The third kappa shape index (κ3) is 4.13. The summed E-state index contributed by atoms with van der Waals surface area (Å²) in [6, 6.07) is 21.8. The van der Waals surface area contributed by atoms with Gasteiger partial charge < -0.3 is 4.90 Å². The number of nitrogens with zero attached hydrogens (tertiary/aromatic N) is 3. The number of rotatable bonds is 6. The van der Waals surface area contributed by atoms with E-state index in [1.165, 1.54) is 28.7 Å². The number of carbonyl (C=O) groups is 1. The predicted octanol–water partition coefficient (Wildman–Crippen LogP) is 7.15. The van der Waals surface area contributed by atoms with E-state index in [9.17, 15) is 9.59 Å². The molecular formula is C30H25N3O2S3. The molecule has 0 unspecified atom stereocenters. The first-order valence-corrected chi connectivity index (χ1v) is 15.0. The van der Waals surface area contributed by atoms with Crippen molar-refractivity contribution in [3.8, 4) is 16.1 Å². The van der Waals surface area contributed by atoms with Crippen LogP contribution in [-0.4, -0.2) is 28.1 Å². The molecule has 5 nitrogen and oxygen atoms in total. The summed E-state index contributed by atoms with van der Waals surface area (Å²) in [4.78, 5) is 35.9. The molecule has 38 heavy (non-hydrogen) atoms. The van der Waals surface area contributed by atoms with E-state index in [4.69, 9.17) is 4.98 Å². The summed E-state index contributed by atoms with van der Waals surface area (Å²) in [5.41, 5.74) is 4.54. The van der Waals surface area contributed by atoms with Crippen LogP contribution >= 0.6 is 34.4 Å². The lowest BCUT2D eigenvalue weighted by Crippen LogP contribution is -2.24. The molecule has 0 saturated carbocycles. The minimum absolute atomic E-state index is 0.0165. The van der Waals surface area contributed by atoms with Crippen molar-refractivity contribution in [3.63, 3.8) is 0 Å². The van der Waals surface area contributed by atoms with Crippen LogP contribution in [0.5, 0.6) is 0 Å². The number of allylic oxidation sites excluding steroid dienone is 2. The highest BCUT2D eigenvalue weighted by Gasteiger charge is 2.38. The minimum atomic E-state index is -0.274. The lowest BCUT2D eigenvalue weighted by atomic mass is 9.83. The van der Waals surface area contributed by atoms with Gasteiger partial charge in [0.15, 0.2) is 10.9 Å². The Bertz CT molecular complexity index is 1750. The average Bonchev–Trinajstić information content (AvgIpc) is 3.64. The van der Waals surface area contributed by atoms with Crippen molar-refractivity contribution in [2.75, 3.05) is 17.7 Å². The Labute approximate surface area is 233 Å². The van der Waals surface area contributed by atoms with Crippen LogP contribution in [0.3, 0.4) is 0 Å². The van der Waals surface area contributed by atoms with E-state index < -0.39 is 0 Å². The molecule has 0 amide bonds. The number of aromatic nitrogens is 2. The minimum Gasteiger partial charge on any atom is -0.347 e. The van der Waals surface area contributed by atoms with Crippen molar-refractivity contribution >= 4 is 56.1 Å². The molecule has 0 bridgehead atoms. The first-order valence-electron chi connectivity index (χ1n) is 12.2. The van der Waals surface area contributed by atoms with E-state index >= 15 is 0 Å². The van der Waals surface area contributed by atoms with Gasteiger partial charge in [-0.3, -0.25) is 14.2 Å². The highest BCUT2D eigenvalue weighted by Crippen LogP contribution is 2.46. The number of likely N-dealkylation sites (N-methyl/N-ethyl adjacent to an activating group) is 1. The zero-order valence-corrected chi connectivity index (χ0v) is 23.6. The molecule has 0 radical (unpaired) electrons. The van der Waals surface area contributed by atoms with Gasteiger partial charge in [-0.2, -0.15) is 0 Å². The van der Waals surface area contributed by atoms with Gasteiger partial charge in [0.05, 0.1) is 16.8 Å². The molecule has 8 heteroatoms. The Hall–Kier alpha value is -3.46. The molecule has 1 aliphatic rings. The fraction of sp³-hybridized carbons (Fsp3) is 0.167. The summed E-state index contributed by atoms with van der Waals surface area (Å²) >= 11 is 4.37. The summed E-state index contributed by atoms with van der Waals surface area (Å²) < 4.78 is 1.64. The molecule has 5 aromatic rings. The smallest absolute Gasteiger partial charge is 0.268 e. The number of hydrogen-bond donors (Lipinski definition) is 0. The molecule has 0 atom stereocenters. The summed E-state index contributed by atoms with van der Waals surface area (Å²) in [7, 11) is 2.00. The lowest BCUT2D eigenvalue weighted by Gasteiger charge is -2.24. The summed E-state index contributed by atoms with van der Waals surface area (Å²) in [6.07, 6.45) is 1.75. The van der Waals surface area contributed by atoms with Gasteiger partial charge in [-0.1, -0.05) is 68.1 Å². The van der Waals surface area contributed by atoms with Gasteiger partial charge >= 0.3 is 0 Å². The molecule has 0 N–H and O–H groups in total. The highest BCUT2D eigenvalue weighted by molar-refractivity contribution is 7.99. The second-order valence-corrected chi connectivity index (χ2v) is 12.4. The molecule has 1 aliphatic heterocycles. The van der Waals surface area contributed by atoms with Gasteiger partial charge in [0.2, 0.25) is 0 Å². The SMILES string of the molecule is CN1/C(=C\C(=O)CSc2nc3scc(-c4cccs4)c3c(=O)n2-c2ccccc2)C(C)(C)c2ccccc21. The summed E-state index contributed by atoms with van der Waals surface area (Å²) in [5.74, 6) is 0.162. The average molecular weight is 556 g/mol. The molecule has 190 valence electrons. The van der Waals surface area contributed by atoms with Crippen LogP contribution in [0.1, 0.15) is 19.4 Å². The van der Waals surface area contributed by atoms with Crippen molar-refractivity contribution in [2.45, 2.75) is 24.4 Å². The number of para-hydroxylation sites is 2. The first kappa shape index (κ1) is 24.9. The van der Waals surface area contributed by atoms with E-state index in [1.807, 2.05) is 72.4 Å². The molecule has 0 fully saturated rings. The van der Waals surface area contributed by atoms with Crippen LogP contribution < -0.4 is 10.5 Å². The molecule has 4 heterocycles. The van der Waals surface area contributed by atoms with Crippen molar-refractivity contribution in [2.24, 2.45) is 0 Å². The van der Waals surface area contributed by atoms with Crippen molar-refractivity contribution < 1.29 is 4.79 Å². The van der Waals surface area contributed by atoms with E-state index in [0.717, 1.165) is 27.5 Å². The van der Waals surface area contributed by atoms with Crippen LogP contribution in [0.4, 0.5) is 5.69 Å². The van der Waals surface area contributed by atoms with Crippen LogP contribution in [0.15, 0.2) is 99.2 Å². The number of ketones is 1. The molecule has 0 spiro atoms. The Balaban J connectivity index is 1.37. The lowest BCUT2D eigenvalue weighted by molar-refractivity contribution is -0.112. The van der Waals surface area contributed by atoms with Crippen molar-refractivity contribution in [1.82, 2.24) is 9.55 Å². The van der Waals surface area contributed by atoms with Crippen molar-refractivity contribution in [3.05, 3.63) is 105 Å². The molecule has 0 saturated heterocycles. The van der Waals surface area contributed by atoms with Crippen LogP contribution in [0.25, 0.3) is 26.3 Å². The summed E-state index contributed by atoms with van der Waals surface area (Å²) in [6.45, 7) is 4.29. The topological polar surface area (TPSA) is 55.2 Å². The van der Waals surface area contributed by atoms with Crippen molar-refractivity contribution in [1.29, 1.82) is 0 Å². The molecule has 2 aromatic carbocycles. The van der Waals surface area contributed by atoms with Gasteiger partial charge in [-0.15, -0.1) is 22.7 Å². The number of benzene rings is 2. The maximum atomic E-state index is 13.9. The van der Waals surface area contributed by atoms with Gasteiger partial charge in [0, 0.05) is 45.7 Å². The van der Waals surface area contributed by atoms with Crippen LogP contribution in [0, 0.1) is 0 Å². The monoisotopic (exact) mass is 555 g/mol. The van der Waals surface area contributed by atoms with Crippen LogP contribution in [0.2, 0.25) is 0 Å². The number of carbonyl (C=O) groups excluding carboxylic acids is 1. The molecule has 3 aromatic heterocycles. The van der Waals surface area contributed by atoms with E-state index in [0.29, 0.717) is 15.4 Å². The van der Waals surface area contributed by atoms with Gasteiger partial charge in [-0.25, -0.2) is 4.98 Å². The maximum absolute atomic E-state index is 13.9. The number of thioether (sulfide) groups is 1. The van der Waals surface area contributed by atoms with Gasteiger partial charge in [0.25, 0.3) is 5.56 Å². The predicted molar refractivity (Wildman–Crippen MR) is 160 cm³/mol. The zero-order valence-electron chi connectivity index (χ0n) is 21.2. The standard InChI is InChI=1S/C30H25N3O2S3/c1-30(2)22-12-7-8-13-23(22)32(3)25(30)16-20(34)17-38-29-31-27-26(21(18-37-27)24-14-9-15-36-24)28(35)33(29)19-10-5-4-6-11-19/h4-16,18H,17H2,1-3H3/b25-16-. The quantitative estimate of drug-likeness (QED) is 0.127. The fourth-order valence-electron chi connectivity index (χ4n) is 5.08. The van der Waals surface area contributed by atoms with Crippen LogP contribution in [-0.2, 0) is 10.2 Å². The number of hydrogen-bond acceptors (Lipinski definition) is 7. The van der Waals surface area contributed by atoms with E-state index in [-0.39, 0.29) is 22.5 Å². The number of fused-ring (bicyclic) bond motifs is 2. The van der Waals surface area contributed by atoms with Gasteiger partial charge in [0.1, 0.15) is 4.83 Å². The number of thiophene rings is 2. The molecule has 0 aliphatic carbocycles. The first-order chi connectivity index (χ1) is 18.4. The Morgan fingerprint density at radius 2 is 1.79 bits per heavy atom. The summed E-state index contributed by atoms with van der Waals surface area (Å²) in [5, 5.41) is 5.14. The Morgan fingerprint density at radius 3 is 2.53 bits per heavy atom. The third-order valence-corrected chi connectivity index (χ3v) is 9.70. The molecular weight excluding hydrogens is 531 g/mol. The maximum Gasteiger partial charge on any atom is 0.268 e. The number of anilines is 1. The Kier molecular flexibility index (Phi) is 6.34. The van der Waals surface area contributed by atoms with Gasteiger partial charge in [-0.05, 0) is 35.2 Å². The zero-order chi connectivity index (χ0) is 26.4. The third-order valence-electron chi connectivity index (χ3n) is 6.96. The highest BCUT2D eigenvalue weighted by atomic mass is 32.2. The van der Waals surface area contributed by atoms with E-state index in [2.05, 4.69) is 30.9 Å². The molecule has 6 rings (SSSR count). The van der Waals surface area contributed by atoms with E-state index in [1.54, 1.807) is 22.0 Å². The fourth-order valence-corrected chi connectivity index (χ4v) is 7.71. The normalized spacial score (nSPS) is 15.3. The second-order valence-electron chi connectivity index (χ2n) is 9.66.